The number of carbonyl (C=O) groups is 3. The first kappa shape index (κ1) is 33.7. The molecule has 0 spiro atoms. The molecule has 2 unspecified atom stereocenters. The number of H-pyrrole nitrogens is 2. The van der Waals surface area contributed by atoms with E-state index in [4.69, 9.17) is 0 Å². The average molecular weight is 729 g/mol. The fraction of sp³-hybridized carbons (Fsp3) is 0.114. The molecule has 2 aliphatic heterocycles. The van der Waals surface area contributed by atoms with Gasteiger partial charge in [-0.3, -0.25) is 14.4 Å². The van der Waals surface area contributed by atoms with Gasteiger partial charge < -0.3 is 40.7 Å². The molecule has 2 amide bonds. The van der Waals surface area contributed by atoms with Crippen molar-refractivity contribution < 1.29 is 24.6 Å². The minimum atomic E-state index is -0.453. The Bertz CT molecular complexity index is 2830. The van der Waals surface area contributed by atoms with Gasteiger partial charge in [0.25, 0.3) is 11.8 Å². The number of aromatic nitrogens is 3. The van der Waals surface area contributed by atoms with Gasteiger partial charge in [0.2, 0.25) is 0 Å². The largest absolute Gasteiger partial charge is 0.508 e. The monoisotopic (exact) mass is 728 g/mol. The Morgan fingerprint density at radius 1 is 0.691 bits per heavy atom. The second-order valence-electron chi connectivity index (χ2n) is 14.0. The number of aromatic hydroxyl groups is 2. The van der Waals surface area contributed by atoms with Crippen LogP contribution < -0.4 is 16.0 Å². The quantitative estimate of drug-likeness (QED) is 0.0874. The summed E-state index contributed by atoms with van der Waals surface area (Å²) in [5.41, 5.74) is 10.1. The summed E-state index contributed by atoms with van der Waals surface area (Å²) in [6, 6.07) is 33.1. The van der Waals surface area contributed by atoms with Crippen molar-refractivity contribution in [1.29, 1.82) is 0 Å². The zero-order valence-corrected chi connectivity index (χ0v) is 29.7. The number of nitrogens with one attached hydrogen (secondary N) is 5. The first-order chi connectivity index (χ1) is 26.8. The molecular weight excluding hydrogens is 693 g/mol. The number of hydrogen-bond acceptors (Lipinski definition) is 6. The molecule has 8 aromatic rings. The maximum absolute atomic E-state index is 12.6. The van der Waals surface area contributed by atoms with Gasteiger partial charge in [-0.25, -0.2) is 0 Å². The number of hydrogen-bond donors (Lipinski definition) is 7. The molecule has 0 saturated carbocycles. The Morgan fingerprint density at radius 3 is 1.95 bits per heavy atom. The molecule has 3 aromatic heterocycles. The fourth-order valence-corrected chi connectivity index (χ4v) is 8.05. The Labute approximate surface area is 314 Å². The van der Waals surface area contributed by atoms with Crippen molar-refractivity contribution in [1.82, 2.24) is 30.5 Å². The topological polar surface area (TPSA) is 164 Å². The van der Waals surface area contributed by atoms with E-state index in [1.165, 1.54) is 22.5 Å². The number of benzene rings is 5. The molecule has 2 atom stereocenters. The van der Waals surface area contributed by atoms with E-state index in [0.717, 1.165) is 57.0 Å². The molecule has 2 aliphatic rings. The zero-order chi connectivity index (χ0) is 37.8. The highest BCUT2D eigenvalue weighted by Crippen LogP contribution is 2.40. The van der Waals surface area contributed by atoms with Crippen LogP contribution in [0.5, 0.6) is 11.5 Å². The van der Waals surface area contributed by atoms with Crippen molar-refractivity contribution in [2.45, 2.75) is 25.2 Å². The number of rotatable bonds is 7. The highest BCUT2D eigenvalue weighted by Gasteiger charge is 2.34. The van der Waals surface area contributed by atoms with Crippen molar-refractivity contribution in [3.05, 3.63) is 166 Å². The van der Waals surface area contributed by atoms with E-state index in [2.05, 4.69) is 74.1 Å². The number of carbonyl (C=O) groups excluding carboxylic acids is 3. The van der Waals surface area contributed by atoms with Gasteiger partial charge >= 0.3 is 0 Å². The van der Waals surface area contributed by atoms with Crippen LogP contribution in [0.1, 0.15) is 76.8 Å². The predicted octanol–water partition coefficient (Wildman–Crippen LogP) is 7.01. The third-order valence-corrected chi connectivity index (χ3v) is 10.6. The summed E-state index contributed by atoms with van der Waals surface area (Å²) in [5, 5.41) is 32.5. The van der Waals surface area contributed by atoms with E-state index in [0.29, 0.717) is 28.9 Å². The molecule has 0 saturated heterocycles. The summed E-state index contributed by atoms with van der Waals surface area (Å²) in [4.78, 5) is 42.8. The van der Waals surface area contributed by atoms with Gasteiger partial charge in [0.1, 0.15) is 11.5 Å². The maximum atomic E-state index is 12.6. The highest BCUT2D eigenvalue weighted by molar-refractivity contribution is 6.03. The van der Waals surface area contributed by atoms with Crippen molar-refractivity contribution >= 4 is 50.8 Å². The van der Waals surface area contributed by atoms with E-state index in [1.54, 1.807) is 30.3 Å². The Hall–Kier alpha value is -7.11. The second-order valence-corrected chi connectivity index (χ2v) is 14.0. The van der Waals surface area contributed by atoms with Crippen LogP contribution in [0.4, 0.5) is 0 Å². The van der Waals surface area contributed by atoms with Crippen molar-refractivity contribution in [2.75, 3.05) is 0 Å². The van der Waals surface area contributed by atoms with Crippen LogP contribution in [-0.2, 0) is 20.1 Å². The van der Waals surface area contributed by atoms with E-state index < -0.39 is 6.04 Å². The van der Waals surface area contributed by atoms with Gasteiger partial charge in [0.05, 0.1) is 17.8 Å². The predicted molar refractivity (Wildman–Crippen MR) is 210 cm³/mol. The molecule has 11 heteroatoms. The van der Waals surface area contributed by atoms with Crippen molar-refractivity contribution in [2.24, 2.45) is 7.05 Å². The standard InChI is InChI=1S/C27H24N4O2.C17H12N2O3/c1-31-11-10-17-7-6-16(12-24(17)31)14-28-15-23-25(20-4-2-3-5-22(20)29-23)26-21-13-18(32)8-9-19(21)27(33)30-26;20-8-14-15(11-3-1-2-4-13(11)18-14)16-12-7-9(21)5-6-10(12)17(22)19-16/h2-13,26,28-29,32H,14-15H2,1H3,(H,30,33);1-8,16,18,21H,(H,19,22). The number of amides is 2. The summed E-state index contributed by atoms with van der Waals surface area (Å²) in [7, 11) is 2.06. The zero-order valence-electron chi connectivity index (χ0n) is 29.7. The van der Waals surface area contributed by atoms with Gasteiger partial charge in [-0.05, 0) is 82.7 Å². The normalized spacial score (nSPS) is 15.8. The molecule has 10 rings (SSSR count). The van der Waals surface area contributed by atoms with Gasteiger partial charge in [-0.2, -0.15) is 0 Å². The first-order valence-corrected chi connectivity index (χ1v) is 17.9. The highest BCUT2D eigenvalue weighted by atomic mass is 16.3. The van der Waals surface area contributed by atoms with E-state index >= 15 is 0 Å². The van der Waals surface area contributed by atoms with Crippen LogP contribution >= 0.6 is 0 Å². The number of aldehydes is 1. The number of aryl methyl sites for hydroxylation is 1. The van der Waals surface area contributed by atoms with E-state index in [9.17, 15) is 24.6 Å². The van der Waals surface area contributed by atoms with Crippen LogP contribution in [0.2, 0.25) is 0 Å². The maximum Gasteiger partial charge on any atom is 0.252 e. The lowest BCUT2D eigenvalue weighted by Gasteiger charge is -2.15. The molecule has 7 N–H and O–H groups in total. The van der Waals surface area contributed by atoms with Gasteiger partial charge in [0, 0.05) is 81.6 Å². The minimum absolute atomic E-state index is 0.0905. The summed E-state index contributed by atoms with van der Waals surface area (Å²) in [5.74, 6) is -0.0734. The number of para-hydroxylation sites is 2. The summed E-state index contributed by atoms with van der Waals surface area (Å²) < 4.78 is 2.13. The molecule has 0 aliphatic carbocycles. The lowest BCUT2D eigenvalue weighted by molar-refractivity contribution is 0.0952. The molecule has 0 fully saturated rings. The SMILES string of the molecule is Cn1ccc2ccc(CNCc3[nH]c4ccccc4c3C3NC(=O)c4ccc(O)cc43)cc21.O=Cc1[nH]c2ccccc2c1C1NC(=O)c2ccc(O)cc21. The van der Waals surface area contributed by atoms with E-state index in [-0.39, 0.29) is 29.4 Å². The smallest absolute Gasteiger partial charge is 0.252 e. The van der Waals surface area contributed by atoms with Crippen LogP contribution in [0, 0.1) is 0 Å². The van der Waals surface area contributed by atoms with E-state index in [1.807, 2.05) is 42.5 Å². The third-order valence-electron chi connectivity index (χ3n) is 10.6. The van der Waals surface area contributed by atoms with Gasteiger partial charge in [-0.15, -0.1) is 0 Å². The molecule has 0 bridgehead atoms. The Balaban J connectivity index is 0.000000157. The number of aromatic amines is 2. The van der Waals surface area contributed by atoms with Crippen LogP contribution in [0.3, 0.4) is 0 Å². The van der Waals surface area contributed by atoms with Crippen LogP contribution in [0.25, 0.3) is 32.7 Å². The lowest BCUT2D eigenvalue weighted by Crippen LogP contribution is -2.22. The van der Waals surface area contributed by atoms with Crippen molar-refractivity contribution in [3.63, 3.8) is 0 Å². The van der Waals surface area contributed by atoms with Gasteiger partial charge in [-0.1, -0.05) is 48.5 Å². The Kier molecular flexibility index (Phi) is 8.20. The molecule has 5 aromatic carbocycles. The van der Waals surface area contributed by atoms with Gasteiger partial charge in [0.15, 0.2) is 6.29 Å². The number of phenols is 2. The molecule has 0 radical (unpaired) electrons. The Morgan fingerprint density at radius 2 is 1.29 bits per heavy atom. The number of phenolic OH excluding ortho intramolecular Hbond substituents is 2. The second kappa shape index (κ2) is 13.4. The van der Waals surface area contributed by atoms with Crippen LogP contribution in [0.15, 0.2) is 115 Å². The third kappa shape index (κ3) is 5.87. The summed E-state index contributed by atoms with van der Waals surface area (Å²) in [6.07, 6.45) is 2.83. The summed E-state index contributed by atoms with van der Waals surface area (Å²) >= 11 is 0. The minimum Gasteiger partial charge on any atom is -0.508 e. The molecule has 272 valence electrons. The molecule has 11 nitrogen and oxygen atoms in total. The fourth-order valence-electron chi connectivity index (χ4n) is 8.05. The number of nitrogens with zero attached hydrogens (tertiary/aromatic N) is 1. The number of fused-ring (bicyclic) bond motifs is 5. The summed E-state index contributed by atoms with van der Waals surface area (Å²) in [6.45, 7) is 1.35. The van der Waals surface area contributed by atoms with Crippen LogP contribution in [-0.4, -0.2) is 42.8 Å². The molecule has 55 heavy (non-hydrogen) atoms. The molecule has 5 heterocycles. The molecular formula is C44H36N6O5. The lowest BCUT2D eigenvalue weighted by atomic mass is 9.95. The van der Waals surface area contributed by atoms with Crippen molar-refractivity contribution in [3.8, 4) is 11.5 Å². The average Bonchev–Trinajstić information content (AvgIpc) is 4.00. The first-order valence-electron chi connectivity index (χ1n) is 17.9.